The Morgan fingerprint density at radius 3 is 2.19 bits per heavy atom. The Bertz CT molecular complexity index is 1150. The van der Waals surface area contributed by atoms with Crippen LogP contribution in [0.2, 0.25) is 0 Å². The molecule has 0 atom stereocenters. The van der Waals surface area contributed by atoms with Crippen molar-refractivity contribution in [1.29, 1.82) is 0 Å². The highest BCUT2D eigenvalue weighted by Gasteiger charge is 2.31. The number of hydrogen-bond donors (Lipinski definition) is 1. The molecule has 5 rings (SSSR count). The van der Waals surface area contributed by atoms with Crippen molar-refractivity contribution in [3.8, 4) is 0 Å². The molecule has 36 heavy (non-hydrogen) atoms. The van der Waals surface area contributed by atoms with E-state index in [4.69, 9.17) is 4.74 Å². The molecule has 0 radical (unpaired) electrons. The molecule has 3 heterocycles. The van der Waals surface area contributed by atoms with Crippen molar-refractivity contribution in [2.75, 3.05) is 75.4 Å². The van der Waals surface area contributed by atoms with Gasteiger partial charge in [-0.15, -0.1) is 0 Å². The van der Waals surface area contributed by atoms with E-state index in [0.29, 0.717) is 45.0 Å². The van der Waals surface area contributed by atoms with Gasteiger partial charge in [0.2, 0.25) is 0 Å². The zero-order valence-electron chi connectivity index (χ0n) is 20.8. The highest BCUT2D eigenvalue weighted by atomic mass is 32.2. The predicted molar refractivity (Wildman–Crippen MR) is 142 cm³/mol. The first kappa shape index (κ1) is 25.0. The van der Waals surface area contributed by atoms with E-state index in [9.17, 15) is 13.2 Å². The molecule has 0 spiro atoms. The van der Waals surface area contributed by atoms with Crippen LogP contribution in [0.25, 0.3) is 0 Å². The van der Waals surface area contributed by atoms with Gasteiger partial charge in [0.25, 0.3) is 5.91 Å². The fraction of sp³-hybridized carbons (Fsp3) is 0.519. The molecule has 8 nitrogen and oxygen atoms in total. The lowest BCUT2D eigenvalue weighted by atomic mass is 10.1. The number of carbonyl (C=O) groups is 1. The van der Waals surface area contributed by atoms with Crippen molar-refractivity contribution in [1.82, 2.24) is 10.2 Å². The third kappa shape index (κ3) is 5.53. The van der Waals surface area contributed by atoms with Gasteiger partial charge in [-0.05, 0) is 37.0 Å². The number of piperidine rings is 1. The second kappa shape index (κ2) is 11.2. The maximum absolute atomic E-state index is 13.9. The molecule has 0 aromatic heterocycles. The Labute approximate surface area is 214 Å². The Balaban J connectivity index is 1.63. The monoisotopic (exact) mass is 512 g/mol. The van der Waals surface area contributed by atoms with Gasteiger partial charge in [0.05, 0.1) is 40.8 Å². The number of nitrogens with one attached hydrogen (secondary N) is 1. The van der Waals surface area contributed by atoms with Gasteiger partial charge < -0.3 is 24.8 Å². The first-order valence-electron chi connectivity index (χ1n) is 13.1. The number of nitrogens with zero attached hydrogens (tertiary/aromatic N) is 3. The Morgan fingerprint density at radius 2 is 1.50 bits per heavy atom. The molecule has 0 saturated carbocycles. The molecule has 3 aliphatic heterocycles. The normalized spacial score (nSPS) is 19.4. The minimum absolute atomic E-state index is 0.0904. The molecule has 0 unspecified atom stereocenters. The van der Waals surface area contributed by atoms with E-state index >= 15 is 0 Å². The van der Waals surface area contributed by atoms with Crippen LogP contribution in [0.3, 0.4) is 0 Å². The van der Waals surface area contributed by atoms with Gasteiger partial charge in [0, 0.05) is 52.4 Å². The van der Waals surface area contributed by atoms with E-state index in [0.717, 1.165) is 62.4 Å². The number of rotatable bonds is 6. The van der Waals surface area contributed by atoms with Crippen LogP contribution < -0.4 is 15.1 Å². The van der Waals surface area contributed by atoms with Gasteiger partial charge in [0.15, 0.2) is 9.84 Å². The molecule has 1 amide bonds. The molecule has 3 saturated heterocycles. The van der Waals surface area contributed by atoms with Crippen LogP contribution >= 0.6 is 0 Å². The largest absolute Gasteiger partial charge is 0.378 e. The SMILES string of the molecule is O=C(c1cc(S(=O)(=O)Cc2ccccc2)c(N2CCCCC2)cc1N1CCOCC1)N1CCNCC1. The predicted octanol–water partition coefficient (Wildman–Crippen LogP) is 2.53. The molecule has 1 N–H and O–H groups in total. The van der Waals surface area contributed by atoms with Gasteiger partial charge in [-0.3, -0.25) is 4.79 Å². The average Bonchev–Trinajstić information content (AvgIpc) is 2.94. The van der Waals surface area contributed by atoms with Crippen molar-refractivity contribution in [2.45, 2.75) is 29.9 Å². The van der Waals surface area contributed by atoms with Gasteiger partial charge in [-0.25, -0.2) is 8.42 Å². The zero-order valence-corrected chi connectivity index (χ0v) is 21.6. The first-order chi connectivity index (χ1) is 17.5. The smallest absolute Gasteiger partial charge is 0.256 e. The number of morpholine rings is 1. The summed E-state index contributed by atoms with van der Waals surface area (Å²) in [6.45, 7) is 6.89. The summed E-state index contributed by atoms with van der Waals surface area (Å²) in [7, 11) is -3.70. The lowest BCUT2D eigenvalue weighted by molar-refractivity contribution is 0.0735. The summed E-state index contributed by atoms with van der Waals surface area (Å²) in [6.07, 6.45) is 3.22. The molecule has 194 valence electrons. The molecule has 3 aliphatic rings. The van der Waals surface area contributed by atoms with E-state index < -0.39 is 9.84 Å². The summed E-state index contributed by atoms with van der Waals surface area (Å²) in [5.41, 5.74) is 2.77. The fourth-order valence-electron chi connectivity index (χ4n) is 5.34. The molecule has 2 aromatic carbocycles. The fourth-order valence-corrected chi connectivity index (χ4v) is 6.93. The molecule has 9 heteroatoms. The van der Waals surface area contributed by atoms with E-state index in [1.807, 2.05) is 41.3 Å². The summed E-state index contributed by atoms with van der Waals surface area (Å²) in [5.74, 6) is -0.188. The number of carbonyl (C=O) groups excluding carboxylic acids is 1. The van der Waals surface area contributed by atoms with Gasteiger partial charge in [0.1, 0.15) is 0 Å². The van der Waals surface area contributed by atoms with Crippen LogP contribution in [-0.2, 0) is 20.3 Å². The molecule has 0 bridgehead atoms. The van der Waals surface area contributed by atoms with Gasteiger partial charge in [-0.1, -0.05) is 30.3 Å². The van der Waals surface area contributed by atoms with Crippen molar-refractivity contribution in [3.63, 3.8) is 0 Å². The summed E-state index contributed by atoms with van der Waals surface area (Å²) >= 11 is 0. The molecule has 3 fully saturated rings. The second-order valence-electron chi connectivity index (χ2n) is 9.77. The number of amides is 1. The van der Waals surface area contributed by atoms with Crippen molar-refractivity contribution in [3.05, 3.63) is 53.6 Å². The Morgan fingerprint density at radius 1 is 0.833 bits per heavy atom. The number of anilines is 2. The maximum Gasteiger partial charge on any atom is 0.256 e. The van der Waals surface area contributed by atoms with Crippen molar-refractivity contribution in [2.24, 2.45) is 0 Å². The lowest BCUT2D eigenvalue weighted by Gasteiger charge is -2.36. The third-order valence-corrected chi connectivity index (χ3v) is 9.01. The van der Waals surface area contributed by atoms with Crippen molar-refractivity contribution < 1.29 is 17.9 Å². The summed E-state index contributed by atoms with van der Waals surface area (Å²) in [6, 6.07) is 12.9. The Kier molecular flexibility index (Phi) is 7.79. The van der Waals surface area contributed by atoms with Crippen LogP contribution in [0.1, 0.15) is 35.2 Å². The number of ether oxygens (including phenoxy) is 1. The minimum atomic E-state index is -3.70. The van der Waals surface area contributed by atoms with E-state index in [-0.39, 0.29) is 16.6 Å². The van der Waals surface area contributed by atoms with Crippen LogP contribution in [-0.4, -0.2) is 84.8 Å². The highest BCUT2D eigenvalue weighted by Crippen LogP contribution is 2.37. The molecular formula is C27H36N4O4S. The quantitative estimate of drug-likeness (QED) is 0.637. The van der Waals surface area contributed by atoms with Crippen LogP contribution in [0.15, 0.2) is 47.4 Å². The lowest BCUT2D eigenvalue weighted by Crippen LogP contribution is -2.47. The average molecular weight is 513 g/mol. The molecule has 0 aliphatic carbocycles. The first-order valence-corrected chi connectivity index (χ1v) is 14.7. The number of benzene rings is 2. The second-order valence-corrected chi connectivity index (χ2v) is 11.7. The standard InChI is InChI=1S/C27H36N4O4S/c32-27(31-13-9-28-10-14-31)23-19-26(36(33,34)21-22-7-3-1-4-8-22)25(29-11-5-2-6-12-29)20-24(23)30-15-17-35-18-16-30/h1,3-4,7-8,19-20,28H,2,5-6,9-18,21H2. The number of sulfone groups is 1. The highest BCUT2D eigenvalue weighted by molar-refractivity contribution is 7.90. The van der Waals surface area contributed by atoms with Gasteiger partial charge in [-0.2, -0.15) is 0 Å². The molecule has 2 aromatic rings. The van der Waals surface area contributed by atoms with E-state index in [1.165, 1.54) is 0 Å². The van der Waals surface area contributed by atoms with E-state index in [2.05, 4.69) is 15.1 Å². The molecular weight excluding hydrogens is 476 g/mol. The minimum Gasteiger partial charge on any atom is -0.378 e. The van der Waals surface area contributed by atoms with Crippen LogP contribution in [0, 0.1) is 0 Å². The summed E-state index contributed by atoms with van der Waals surface area (Å²) in [4.78, 5) is 20.3. The Hall–Kier alpha value is -2.62. The maximum atomic E-state index is 13.9. The third-order valence-electron chi connectivity index (χ3n) is 7.29. The number of piperazine rings is 1. The topological polar surface area (TPSA) is 82.2 Å². The summed E-state index contributed by atoms with van der Waals surface area (Å²) in [5, 5.41) is 3.29. The van der Waals surface area contributed by atoms with Crippen LogP contribution in [0.5, 0.6) is 0 Å². The van der Waals surface area contributed by atoms with Crippen LogP contribution in [0.4, 0.5) is 11.4 Å². The summed E-state index contributed by atoms with van der Waals surface area (Å²) < 4.78 is 33.4. The van der Waals surface area contributed by atoms with Crippen molar-refractivity contribution >= 4 is 27.1 Å². The zero-order chi connectivity index (χ0) is 25.0. The number of hydrogen-bond acceptors (Lipinski definition) is 7. The van der Waals surface area contributed by atoms with E-state index in [1.54, 1.807) is 6.07 Å². The van der Waals surface area contributed by atoms with Gasteiger partial charge >= 0.3 is 0 Å².